The maximum atomic E-state index is 11.3. The smallest absolute Gasteiger partial charge is 0.425 e. The van der Waals surface area contributed by atoms with Crippen molar-refractivity contribution in [1.82, 2.24) is 5.06 Å². The molecule has 2 atom stereocenters. The lowest BCUT2D eigenvalue weighted by Crippen LogP contribution is -2.34. The van der Waals surface area contributed by atoms with E-state index in [-0.39, 0.29) is 30.6 Å². The van der Waals surface area contributed by atoms with E-state index in [2.05, 4.69) is 9.57 Å². The molecule has 0 saturated carbocycles. The third-order valence-electron chi connectivity index (χ3n) is 3.37. The number of carbonyl (C=O) groups excluding carboxylic acids is 6. The SMILES string of the molecule is CC(C)C(=O)O[C@@H](C)OC(=O)ON1C(=O)CCC1=O.CSC(=O)O[C@H](C)OC(=O)C(C)C. The monoisotopic (exact) mass is 479 g/mol. The van der Waals surface area contributed by atoms with Gasteiger partial charge in [-0.1, -0.05) is 32.8 Å². The second-order valence-corrected chi connectivity index (χ2v) is 7.67. The molecule has 0 radical (unpaired) electrons. The Morgan fingerprint density at radius 3 is 1.53 bits per heavy atom. The van der Waals surface area contributed by atoms with E-state index in [1.165, 1.54) is 13.8 Å². The lowest BCUT2D eigenvalue weighted by atomic mass is 10.2. The van der Waals surface area contributed by atoms with Crippen LogP contribution in [0.5, 0.6) is 0 Å². The third-order valence-corrected chi connectivity index (χ3v) is 3.80. The van der Waals surface area contributed by atoms with Crippen molar-refractivity contribution in [3.63, 3.8) is 0 Å². The number of amides is 2. The summed E-state index contributed by atoms with van der Waals surface area (Å²) in [5.74, 6) is -2.74. The molecule has 0 aromatic carbocycles. The van der Waals surface area contributed by atoms with Crippen LogP contribution in [0.4, 0.5) is 9.59 Å². The maximum Gasteiger partial charge on any atom is 0.537 e. The fourth-order valence-electron chi connectivity index (χ4n) is 1.72. The number of hydrogen-bond donors (Lipinski definition) is 0. The number of carbonyl (C=O) groups is 6. The van der Waals surface area contributed by atoms with Gasteiger partial charge >= 0.3 is 23.4 Å². The minimum atomic E-state index is -1.28. The van der Waals surface area contributed by atoms with E-state index in [9.17, 15) is 28.8 Å². The first-order valence-electron chi connectivity index (χ1n) is 9.68. The van der Waals surface area contributed by atoms with Gasteiger partial charge < -0.3 is 18.9 Å². The van der Waals surface area contributed by atoms with Gasteiger partial charge in [0.15, 0.2) is 0 Å². The fourth-order valence-corrected chi connectivity index (χ4v) is 1.95. The van der Waals surface area contributed by atoms with Crippen molar-refractivity contribution in [3.05, 3.63) is 0 Å². The highest BCUT2D eigenvalue weighted by Gasteiger charge is 2.34. The van der Waals surface area contributed by atoms with Gasteiger partial charge in [0, 0.05) is 26.7 Å². The average molecular weight is 480 g/mol. The number of nitrogens with zero attached hydrogens (tertiary/aromatic N) is 1. The van der Waals surface area contributed by atoms with Crippen LogP contribution in [0.2, 0.25) is 0 Å². The molecule has 0 aromatic rings. The molecule has 13 heteroatoms. The Morgan fingerprint density at radius 2 is 1.16 bits per heavy atom. The summed E-state index contributed by atoms with van der Waals surface area (Å²) >= 11 is 0.936. The van der Waals surface area contributed by atoms with Gasteiger partial charge in [-0.25, -0.2) is 9.59 Å². The fraction of sp³-hybridized carbons (Fsp3) is 0.684. The molecule has 0 bridgehead atoms. The van der Waals surface area contributed by atoms with Crippen LogP contribution in [0, 0.1) is 11.8 Å². The standard InChI is InChI=1S/C11H15NO7.C8H14O4S/c1-6(2)10(15)17-7(3)18-11(16)19-12-8(13)4-5-9(12)14;1-5(2)7(9)11-6(3)12-8(10)13-4/h6-7H,4-5H2,1-3H3;5-6H,1-4H3/t7-;6-/m11/s1. The number of thioether (sulfide) groups is 1. The van der Waals surface area contributed by atoms with E-state index in [1.54, 1.807) is 34.0 Å². The van der Waals surface area contributed by atoms with Gasteiger partial charge in [0.2, 0.25) is 12.6 Å². The zero-order valence-electron chi connectivity index (χ0n) is 19.1. The Morgan fingerprint density at radius 1 is 0.750 bits per heavy atom. The van der Waals surface area contributed by atoms with Gasteiger partial charge in [0.05, 0.1) is 11.8 Å². The van der Waals surface area contributed by atoms with Crippen LogP contribution in [0.1, 0.15) is 54.4 Å². The summed E-state index contributed by atoms with van der Waals surface area (Å²) < 4.78 is 18.8. The quantitative estimate of drug-likeness (QED) is 0.300. The summed E-state index contributed by atoms with van der Waals surface area (Å²) in [7, 11) is 0. The van der Waals surface area contributed by atoms with Crippen LogP contribution in [0.25, 0.3) is 0 Å². The number of esters is 2. The Bertz CT molecular complexity index is 691. The van der Waals surface area contributed by atoms with Crippen molar-refractivity contribution < 1.29 is 52.6 Å². The minimum absolute atomic E-state index is 0.00992. The molecule has 0 aliphatic carbocycles. The first-order chi connectivity index (χ1) is 14.8. The Kier molecular flexibility index (Phi) is 13.0. The molecular formula is C19H29NO11S. The average Bonchev–Trinajstić information content (AvgIpc) is 2.99. The molecule has 0 unspecified atom stereocenters. The van der Waals surface area contributed by atoms with E-state index < -0.39 is 41.8 Å². The Hall–Kier alpha value is -2.83. The van der Waals surface area contributed by atoms with Gasteiger partial charge in [-0.05, 0) is 18.0 Å². The summed E-state index contributed by atoms with van der Waals surface area (Å²) in [5, 5.41) is -0.108. The zero-order valence-corrected chi connectivity index (χ0v) is 19.9. The van der Waals surface area contributed by atoms with Crippen LogP contribution in [-0.4, -0.2) is 59.1 Å². The van der Waals surface area contributed by atoms with Gasteiger partial charge in [0.1, 0.15) is 0 Å². The zero-order chi connectivity index (χ0) is 25.0. The minimum Gasteiger partial charge on any atom is -0.425 e. The molecule has 32 heavy (non-hydrogen) atoms. The van der Waals surface area contributed by atoms with Crippen molar-refractivity contribution in [3.8, 4) is 0 Å². The molecule has 1 rings (SSSR count). The van der Waals surface area contributed by atoms with Gasteiger partial charge in [-0.2, -0.15) is 0 Å². The molecule has 2 amide bonds. The second kappa shape index (κ2) is 14.3. The van der Waals surface area contributed by atoms with E-state index in [0.717, 1.165) is 11.8 Å². The molecule has 1 aliphatic heterocycles. The molecule has 1 saturated heterocycles. The highest BCUT2D eigenvalue weighted by atomic mass is 32.2. The summed E-state index contributed by atoms with van der Waals surface area (Å²) in [6.07, 6.45) is -1.69. The van der Waals surface area contributed by atoms with Crippen molar-refractivity contribution in [2.75, 3.05) is 6.26 Å². The van der Waals surface area contributed by atoms with Gasteiger partial charge in [0.25, 0.3) is 11.8 Å². The van der Waals surface area contributed by atoms with Crippen molar-refractivity contribution >= 4 is 47.0 Å². The molecule has 1 aliphatic rings. The van der Waals surface area contributed by atoms with Crippen LogP contribution in [0.15, 0.2) is 0 Å². The molecule has 0 aromatic heterocycles. The molecule has 1 fully saturated rings. The number of hydrogen-bond acceptors (Lipinski definition) is 12. The normalized spacial score (nSPS) is 14.8. The van der Waals surface area contributed by atoms with Crippen molar-refractivity contribution in [2.24, 2.45) is 11.8 Å². The largest absolute Gasteiger partial charge is 0.537 e. The van der Waals surface area contributed by atoms with Crippen LogP contribution in [-0.2, 0) is 43.0 Å². The molecule has 182 valence electrons. The first kappa shape index (κ1) is 29.2. The summed E-state index contributed by atoms with van der Waals surface area (Å²) in [4.78, 5) is 71.0. The van der Waals surface area contributed by atoms with E-state index in [0.29, 0.717) is 5.06 Å². The number of ether oxygens (including phenoxy) is 4. The number of imide groups is 1. The van der Waals surface area contributed by atoms with Crippen molar-refractivity contribution in [1.29, 1.82) is 0 Å². The Labute approximate surface area is 190 Å². The second-order valence-electron chi connectivity index (χ2n) is 6.93. The maximum absolute atomic E-state index is 11.3. The van der Waals surface area contributed by atoms with E-state index in [4.69, 9.17) is 14.2 Å². The highest BCUT2D eigenvalue weighted by Crippen LogP contribution is 2.13. The van der Waals surface area contributed by atoms with Crippen LogP contribution < -0.4 is 0 Å². The van der Waals surface area contributed by atoms with E-state index in [1.807, 2.05) is 0 Å². The van der Waals surface area contributed by atoms with Crippen LogP contribution >= 0.6 is 11.8 Å². The summed E-state index contributed by atoms with van der Waals surface area (Å²) in [6.45, 7) is 9.49. The Balaban J connectivity index is 0.000000649. The molecule has 0 spiro atoms. The third kappa shape index (κ3) is 11.5. The molecule has 12 nitrogen and oxygen atoms in total. The number of rotatable bonds is 7. The summed E-state index contributed by atoms with van der Waals surface area (Å²) in [5.41, 5.74) is 0. The lowest BCUT2D eigenvalue weighted by molar-refractivity contribution is -0.192. The lowest BCUT2D eigenvalue weighted by Gasteiger charge is -2.17. The topological polar surface area (TPSA) is 152 Å². The van der Waals surface area contributed by atoms with Crippen LogP contribution in [0.3, 0.4) is 0 Å². The highest BCUT2D eigenvalue weighted by molar-refractivity contribution is 8.12. The molecule has 0 N–H and O–H groups in total. The van der Waals surface area contributed by atoms with Crippen molar-refractivity contribution in [2.45, 2.75) is 67.0 Å². The molecular weight excluding hydrogens is 450 g/mol. The van der Waals surface area contributed by atoms with Gasteiger partial charge in [-0.15, -0.1) is 0 Å². The first-order valence-corrected chi connectivity index (χ1v) is 10.9. The predicted octanol–water partition coefficient (Wildman–Crippen LogP) is 2.78. The number of hydroxylamine groups is 2. The molecule has 1 heterocycles. The van der Waals surface area contributed by atoms with E-state index >= 15 is 0 Å². The van der Waals surface area contributed by atoms with Gasteiger partial charge in [-0.3, -0.25) is 24.0 Å². The summed E-state index contributed by atoms with van der Waals surface area (Å²) in [6, 6.07) is 0. The predicted molar refractivity (Wildman–Crippen MR) is 109 cm³/mol.